The van der Waals surface area contributed by atoms with Crippen molar-refractivity contribution in [3.05, 3.63) is 41.5 Å². The van der Waals surface area contributed by atoms with Gasteiger partial charge in [-0.05, 0) is 48.1 Å². The number of carbonyl (C=O) groups is 1. The standard InChI is InChI=1S/C18H22N2O2S/c1-23-11-14(9-10-21)19-18(22)20-16-8-7-13-6-5-12-3-2-4-15(16)17(12)13/h2-4,7-8,14,21H,5-6,9-11H2,1H3,(H2,19,20,22)/t14-/m1/s1. The van der Waals surface area contributed by atoms with E-state index in [0.717, 1.165) is 29.7 Å². The molecule has 0 saturated carbocycles. The van der Waals surface area contributed by atoms with Crippen molar-refractivity contribution in [1.29, 1.82) is 0 Å². The fourth-order valence-electron chi connectivity index (χ4n) is 3.25. The first-order chi connectivity index (χ1) is 11.2. The van der Waals surface area contributed by atoms with Crippen LogP contribution in [0.15, 0.2) is 30.3 Å². The third-order valence-electron chi connectivity index (χ3n) is 4.31. The van der Waals surface area contributed by atoms with Crippen LogP contribution in [0.3, 0.4) is 0 Å². The molecule has 2 amide bonds. The van der Waals surface area contributed by atoms with Crippen LogP contribution in [0, 0.1) is 0 Å². The van der Waals surface area contributed by atoms with Gasteiger partial charge in [-0.15, -0.1) is 0 Å². The number of aliphatic hydroxyl groups excluding tert-OH is 1. The smallest absolute Gasteiger partial charge is 0.319 e. The first-order valence-corrected chi connectivity index (χ1v) is 9.33. The van der Waals surface area contributed by atoms with Crippen molar-refractivity contribution in [3.8, 4) is 0 Å². The molecule has 4 nitrogen and oxygen atoms in total. The quantitative estimate of drug-likeness (QED) is 0.762. The summed E-state index contributed by atoms with van der Waals surface area (Å²) in [6, 6.07) is 10.2. The molecule has 3 rings (SSSR count). The second-order valence-corrected chi connectivity index (χ2v) is 6.79. The Morgan fingerprint density at radius 1 is 1.26 bits per heavy atom. The molecule has 1 aliphatic rings. The highest BCUT2D eigenvalue weighted by atomic mass is 32.2. The van der Waals surface area contributed by atoms with Gasteiger partial charge in [-0.2, -0.15) is 11.8 Å². The van der Waals surface area contributed by atoms with E-state index >= 15 is 0 Å². The number of nitrogens with one attached hydrogen (secondary N) is 2. The van der Waals surface area contributed by atoms with E-state index in [2.05, 4.69) is 34.9 Å². The van der Waals surface area contributed by atoms with Crippen LogP contribution in [0.5, 0.6) is 0 Å². The zero-order valence-electron chi connectivity index (χ0n) is 13.3. The number of benzene rings is 2. The Kier molecular flexibility index (Phi) is 5.08. The van der Waals surface area contributed by atoms with Crippen LogP contribution in [0.4, 0.5) is 10.5 Å². The molecule has 23 heavy (non-hydrogen) atoms. The minimum Gasteiger partial charge on any atom is -0.396 e. The lowest BCUT2D eigenvalue weighted by atomic mass is 10.0. The number of thioether (sulfide) groups is 1. The van der Waals surface area contributed by atoms with E-state index in [1.807, 2.05) is 12.3 Å². The molecule has 122 valence electrons. The Bertz CT molecular complexity index is 701. The summed E-state index contributed by atoms with van der Waals surface area (Å²) in [5.74, 6) is 0.789. The fraction of sp³-hybridized carbons (Fsp3) is 0.389. The molecule has 3 N–H and O–H groups in total. The van der Waals surface area contributed by atoms with Gasteiger partial charge in [0, 0.05) is 23.8 Å². The zero-order valence-corrected chi connectivity index (χ0v) is 14.1. The number of rotatable bonds is 6. The molecule has 5 heteroatoms. The monoisotopic (exact) mass is 330 g/mol. The highest BCUT2D eigenvalue weighted by molar-refractivity contribution is 7.98. The van der Waals surface area contributed by atoms with Gasteiger partial charge in [0.1, 0.15) is 0 Å². The maximum atomic E-state index is 12.3. The third kappa shape index (κ3) is 3.46. The predicted octanol–water partition coefficient (Wildman–Crippen LogP) is 3.17. The number of carbonyl (C=O) groups excluding carboxylic acids is 1. The molecule has 0 heterocycles. The molecule has 0 aromatic heterocycles. The van der Waals surface area contributed by atoms with Gasteiger partial charge in [0.05, 0.1) is 5.69 Å². The van der Waals surface area contributed by atoms with E-state index in [1.165, 1.54) is 16.5 Å². The Labute approximate surface area is 140 Å². The number of aliphatic hydroxyl groups is 1. The molecule has 0 spiro atoms. The fourth-order valence-corrected chi connectivity index (χ4v) is 3.91. The highest BCUT2D eigenvalue weighted by Crippen LogP contribution is 2.34. The first-order valence-electron chi connectivity index (χ1n) is 7.93. The Morgan fingerprint density at radius 3 is 2.78 bits per heavy atom. The van der Waals surface area contributed by atoms with Gasteiger partial charge < -0.3 is 15.7 Å². The second-order valence-electron chi connectivity index (χ2n) is 5.87. The predicted molar refractivity (Wildman–Crippen MR) is 97.4 cm³/mol. The first kappa shape index (κ1) is 16.1. The number of urea groups is 1. The lowest BCUT2D eigenvalue weighted by Gasteiger charge is -2.18. The van der Waals surface area contributed by atoms with Gasteiger partial charge >= 0.3 is 6.03 Å². The summed E-state index contributed by atoms with van der Waals surface area (Å²) in [6.07, 6.45) is 4.72. The summed E-state index contributed by atoms with van der Waals surface area (Å²) in [5, 5.41) is 17.4. The third-order valence-corrected chi connectivity index (χ3v) is 5.04. The van der Waals surface area contributed by atoms with Crippen LogP contribution in [0.1, 0.15) is 17.5 Å². The van der Waals surface area contributed by atoms with Crippen LogP contribution in [-0.4, -0.2) is 35.8 Å². The molecular formula is C18H22N2O2S. The van der Waals surface area contributed by atoms with Crippen molar-refractivity contribution in [3.63, 3.8) is 0 Å². The van der Waals surface area contributed by atoms with Gasteiger partial charge in [-0.1, -0.05) is 24.3 Å². The Hall–Kier alpha value is -1.72. The van der Waals surface area contributed by atoms with Crippen molar-refractivity contribution >= 4 is 34.3 Å². The summed E-state index contributed by atoms with van der Waals surface area (Å²) in [5.41, 5.74) is 3.57. The van der Waals surface area contributed by atoms with Crippen molar-refractivity contribution in [2.75, 3.05) is 23.9 Å². The normalized spacial score (nSPS) is 14.0. The lowest BCUT2D eigenvalue weighted by Crippen LogP contribution is -2.40. The van der Waals surface area contributed by atoms with Crippen molar-refractivity contribution < 1.29 is 9.90 Å². The average Bonchev–Trinajstić information content (AvgIpc) is 2.95. The molecule has 0 bridgehead atoms. The van der Waals surface area contributed by atoms with E-state index in [-0.39, 0.29) is 18.7 Å². The van der Waals surface area contributed by atoms with Gasteiger partial charge in [0.15, 0.2) is 0 Å². The zero-order chi connectivity index (χ0) is 16.2. The van der Waals surface area contributed by atoms with E-state index in [4.69, 9.17) is 5.11 Å². The molecular weight excluding hydrogens is 308 g/mol. The molecule has 1 atom stereocenters. The van der Waals surface area contributed by atoms with Crippen molar-refractivity contribution in [2.45, 2.75) is 25.3 Å². The van der Waals surface area contributed by atoms with Crippen LogP contribution >= 0.6 is 11.8 Å². The van der Waals surface area contributed by atoms with Crippen LogP contribution < -0.4 is 10.6 Å². The molecule has 1 aliphatic carbocycles. The van der Waals surface area contributed by atoms with Crippen LogP contribution in [0.25, 0.3) is 10.8 Å². The van der Waals surface area contributed by atoms with E-state index < -0.39 is 0 Å². The molecule has 2 aromatic rings. The van der Waals surface area contributed by atoms with Gasteiger partial charge in [-0.3, -0.25) is 0 Å². The minimum absolute atomic E-state index is 0.0215. The van der Waals surface area contributed by atoms with E-state index in [9.17, 15) is 4.79 Å². The molecule has 0 saturated heterocycles. The minimum atomic E-state index is -0.212. The average molecular weight is 330 g/mol. The van der Waals surface area contributed by atoms with Gasteiger partial charge in [0.2, 0.25) is 0 Å². The molecule has 0 fully saturated rings. The number of aryl methyl sites for hydroxylation is 2. The SMILES string of the molecule is CSC[C@@H](CCO)NC(=O)Nc1ccc2c3c(cccc13)CC2. The van der Waals surface area contributed by atoms with Crippen molar-refractivity contribution in [1.82, 2.24) is 5.32 Å². The molecule has 0 unspecified atom stereocenters. The maximum Gasteiger partial charge on any atom is 0.319 e. The van der Waals surface area contributed by atoms with Crippen LogP contribution in [-0.2, 0) is 12.8 Å². The number of amides is 2. The maximum absolute atomic E-state index is 12.3. The highest BCUT2D eigenvalue weighted by Gasteiger charge is 2.17. The topological polar surface area (TPSA) is 61.4 Å². The molecule has 2 aromatic carbocycles. The number of hydrogen-bond acceptors (Lipinski definition) is 3. The van der Waals surface area contributed by atoms with E-state index in [1.54, 1.807) is 11.8 Å². The van der Waals surface area contributed by atoms with E-state index in [0.29, 0.717) is 6.42 Å². The summed E-state index contributed by atoms with van der Waals surface area (Å²) in [6.45, 7) is 0.0759. The van der Waals surface area contributed by atoms with Gasteiger partial charge in [-0.25, -0.2) is 4.79 Å². The summed E-state index contributed by atoms with van der Waals surface area (Å²) in [4.78, 5) is 12.3. The summed E-state index contributed by atoms with van der Waals surface area (Å²) >= 11 is 1.66. The molecule has 0 aliphatic heterocycles. The second kappa shape index (κ2) is 7.23. The Morgan fingerprint density at radius 2 is 2.04 bits per heavy atom. The number of hydrogen-bond donors (Lipinski definition) is 3. The van der Waals surface area contributed by atoms with Crippen molar-refractivity contribution in [2.24, 2.45) is 0 Å². The Balaban J connectivity index is 1.78. The number of anilines is 1. The summed E-state index contributed by atoms with van der Waals surface area (Å²) in [7, 11) is 0. The van der Waals surface area contributed by atoms with Crippen LogP contribution in [0.2, 0.25) is 0 Å². The molecule has 0 radical (unpaired) electrons. The largest absolute Gasteiger partial charge is 0.396 e. The summed E-state index contributed by atoms with van der Waals surface area (Å²) < 4.78 is 0. The lowest BCUT2D eigenvalue weighted by molar-refractivity contribution is 0.241. The van der Waals surface area contributed by atoms with Gasteiger partial charge in [0.25, 0.3) is 0 Å².